The zero-order valence-corrected chi connectivity index (χ0v) is 11.4. The number of aromatic hydroxyl groups is 2. The van der Waals surface area contributed by atoms with Gasteiger partial charge in [-0.3, -0.25) is 4.79 Å². The first-order chi connectivity index (χ1) is 10.1. The summed E-state index contributed by atoms with van der Waals surface area (Å²) in [7, 11) is 1.00. The molecule has 0 radical (unpaired) electrons. The lowest BCUT2D eigenvalue weighted by atomic mass is 10.2. The number of carbonyl (C=O) groups is 1. The molecular formula is C15H16N2O4. The summed E-state index contributed by atoms with van der Waals surface area (Å²) in [6.45, 7) is 0. The van der Waals surface area contributed by atoms with Crippen LogP contribution in [0.15, 0.2) is 53.6 Å². The predicted molar refractivity (Wildman–Crippen MR) is 79.4 cm³/mol. The molecule has 4 N–H and O–H groups in total. The molecule has 1 amide bonds. The van der Waals surface area contributed by atoms with Crippen molar-refractivity contribution < 1.29 is 20.1 Å². The second-order valence-corrected chi connectivity index (χ2v) is 3.84. The number of nitrogens with one attached hydrogen (secondary N) is 1. The average molecular weight is 288 g/mol. The summed E-state index contributed by atoms with van der Waals surface area (Å²) in [5, 5.41) is 29.0. The average Bonchev–Trinajstić information content (AvgIpc) is 2.52. The molecule has 0 spiro atoms. The van der Waals surface area contributed by atoms with Gasteiger partial charge in [-0.25, -0.2) is 5.43 Å². The van der Waals surface area contributed by atoms with Crippen molar-refractivity contribution in [2.45, 2.75) is 0 Å². The Morgan fingerprint density at radius 3 is 1.95 bits per heavy atom. The summed E-state index contributed by atoms with van der Waals surface area (Å²) in [4.78, 5) is 11.7. The van der Waals surface area contributed by atoms with Crippen molar-refractivity contribution in [3.8, 4) is 11.5 Å². The summed E-state index contributed by atoms with van der Waals surface area (Å²) >= 11 is 0. The molecule has 0 saturated carbocycles. The van der Waals surface area contributed by atoms with Crippen LogP contribution in [0.1, 0.15) is 15.9 Å². The highest BCUT2D eigenvalue weighted by Crippen LogP contribution is 2.09. The molecule has 2 rings (SSSR count). The highest BCUT2D eigenvalue weighted by Gasteiger charge is 2.02. The van der Waals surface area contributed by atoms with E-state index < -0.39 is 0 Å². The summed E-state index contributed by atoms with van der Waals surface area (Å²) < 4.78 is 0. The fraction of sp³-hybridized carbons (Fsp3) is 0.0667. The predicted octanol–water partition coefficient (Wildman–Crippen LogP) is 1.47. The number of rotatable bonds is 3. The lowest BCUT2D eigenvalue weighted by Gasteiger charge is -1.99. The van der Waals surface area contributed by atoms with Gasteiger partial charge in [-0.1, -0.05) is 0 Å². The summed E-state index contributed by atoms with van der Waals surface area (Å²) in [6, 6.07) is 12.3. The smallest absolute Gasteiger partial charge is 0.271 e. The number of phenolic OH excluding ortho intramolecular Hbond substituents is 2. The van der Waals surface area contributed by atoms with Gasteiger partial charge in [-0.2, -0.15) is 5.10 Å². The van der Waals surface area contributed by atoms with E-state index in [1.165, 1.54) is 42.6 Å². The van der Waals surface area contributed by atoms with E-state index in [4.69, 9.17) is 15.3 Å². The summed E-state index contributed by atoms with van der Waals surface area (Å²) in [5.41, 5.74) is 3.52. The largest absolute Gasteiger partial charge is 0.508 e. The number of hydrogen-bond donors (Lipinski definition) is 4. The molecule has 0 bridgehead atoms. The molecule has 110 valence electrons. The number of hydrazone groups is 1. The fourth-order valence-electron chi connectivity index (χ4n) is 1.40. The zero-order valence-electron chi connectivity index (χ0n) is 11.4. The van der Waals surface area contributed by atoms with Crippen LogP contribution in [-0.4, -0.2) is 34.6 Å². The number of nitrogens with zero attached hydrogens (tertiary/aromatic N) is 1. The third kappa shape index (κ3) is 5.33. The second-order valence-electron chi connectivity index (χ2n) is 3.84. The maximum atomic E-state index is 11.7. The Balaban J connectivity index is 0.00000106. The van der Waals surface area contributed by atoms with Gasteiger partial charge in [0.2, 0.25) is 0 Å². The van der Waals surface area contributed by atoms with E-state index >= 15 is 0 Å². The van der Waals surface area contributed by atoms with E-state index in [0.29, 0.717) is 5.56 Å². The Labute approximate surface area is 122 Å². The molecule has 0 atom stereocenters. The van der Waals surface area contributed by atoms with Crippen molar-refractivity contribution >= 4 is 12.1 Å². The van der Waals surface area contributed by atoms with Gasteiger partial charge in [0, 0.05) is 12.7 Å². The van der Waals surface area contributed by atoms with E-state index in [0.717, 1.165) is 12.7 Å². The Morgan fingerprint density at radius 2 is 1.43 bits per heavy atom. The quantitative estimate of drug-likeness (QED) is 0.507. The minimum atomic E-state index is -0.366. The molecule has 21 heavy (non-hydrogen) atoms. The van der Waals surface area contributed by atoms with E-state index in [-0.39, 0.29) is 17.4 Å². The Bertz CT molecular complexity index is 592. The number of benzene rings is 2. The van der Waals surface area contributed by atoms with Gasteiger partial charge in [0.1, 0.15) is 11.5 Å². The molecule has 0 unspecified atom stereocenters. The van der Waals surface area contributed by atoms with Crippen LogP contribution in [0.25, 0.3) is 0 Å². The second kappa shape index (κ2) is 8.34. The van der Waals surface area contributed by atoms with Gasteiger partial charge < -0.3 is 15.3 Å². The van der Waals surface area contributed by atoms with Crippen LogP contribution in [0.2, 0.25) is 0 Å². The monoisotopic (exact) mass is 288 g/mol. The highest BCUT2D eigenvalue weighted by molar-refractivity contribution is 5.94. The topological polar surface area (TPSA) is 102 Å². The van der Waals surface area contributed by atoms with Crippen LogP contribution in [-0.2, 0) is 0 Å². The van der Waals surface area contributed by atoms with Crippen molar-refractivity contribution in [2.24, 2.45) is 5.10 Å². The molecule has 0 aliphatic heterocycles. The SMILES string of the molecule is CO.O=C(N/N=C/c1ccc(O)cc1)c1ccc(O)cc1. The molecule has 6 heteroatoms. The van der Waals surface area contributed by atoms with Gasteiger partial charge in [0.25, 0.3) is 5.91 Å². The molecule has 0 fully saturated rings. The summed E-state index contributed by atoms with van der Waals surface area (Å²) in [6.07, 6.45) is 1.47. The van der Waals surface area contributed by atoms with Crippen LogP contribution < -0.4 is 5.43 Å². The Morgan fingerprint density at radius 1 is 0.952 bits per heavy atom. The first-order valence-electron chi connectivity index (χ1n) is 6.01. The number of aliphatic hydroxyl groups is 1. The van der Waals surface area contributed by atoms with Crippen molar-refractivity contribution in [3.63, 3.8) is 0 Å². The molecule has 0 aliphatic carbocycles. The fourth-order valence-corrected chi connectivity index (χ4v) is 1.40. The third-order valence-corrected chi connectivity index (χ3v) is 2.40. The molecule has 0 saturated heterocycles. The lowest BCUT2D eigenvalue weighted by Crippen LogP contribution is -2.17. The van der Waals surface area contributed by atoms with Crippen LogP contribution >= 0.6 is 0 Å². The zero-order chi connectivity index (χ0) is 15.7. The maximum absolute atomic E-state index is 11.7. The molecule has 0 aliphatic rings. The van der Waals surface area contributed by atoms with E-state index in [1.54, 1.807) is 12.1 Å². The Hall–Kier alpha value is -2.86. The minimum Gasteiger partial charge on any atom is -0.508 e. The minimum absolute atomic E-state index is 0.101. The van der Waals surface area contributed by atoms with Gasteiger partial charge in [-0.15, -0.1) is 0 Å². The highest BCUT2D eigenvalue weighted by atomic mass is 16.3. The van der Waals surface area contributed by atoms with Crippen molar-refractivity contribution in [2.75, 3.05) is 7.11 Å². The molecule has 2 aromatic rings. The van der Waals surface area contributed by atoms with Crippen LogP contribution in [0.5, 0.6) is 11.5 Å². The van der Waals surface area contributed by atoms with Gasteiger partial charge in [-0.05, 0) is 54.1 Å². The maximum Gasteiger partial charge on any atom is 0.271 e. The third-order valence-electron chi connectivity index (χ3n) is 2.40. The number of amides is 1. The standard InChI is InChI=1S/C14H12N2O3.CH4O/c17-12-5-1-10(2-6-12)9-15-16-14(19)11-3-7-13(18)8-4-11;1-2/h1-9,17-18H,(H,16,19);2H,1H3/b15-9+;. The number of aliphatic hydroxyl groups excluding tert-OH is 1. The van der Waals surface area contributed by atoms with Crippen molar-refractivity contribution in [1.29, 1.82) is 0 Å². The number of carbonyl (C=O) groups excluding carboxylic acids is 1. The van der Waals surface area contributed by atoms with Gasteiger partial charge >= 0.3 is 0 Å². The van der Waals surface area contributed by atoms with E-state index in [9.17, 15) is 4.79 Å². The molecule has 2 aromatic carbocycles. The van der Waals surface area contributed by atoms with Gasteiger partial charge in [0.05, 0.1) is 6.21 Å². The van der Waals surface area contributed by atoms with Crippen LogP contribution in [0, 0.1) is 0 Å². The van der Waals surface area contributed by atoms with Crippen LogP contribution in [0.4, 0.5) is 0 Å². The first-order valence-corrected chi connectivity index (χ1v) is 6.01. The molecule has 0 aromatic heterocycles. The van der Waals surface area contributed by atoms with E-state index in [1.807, 2.05) is 0 Å². The van der Waals surface area contributed by atoms with Gasteiger partial charge in [0.15, 0.2) is 0 Å². The lowest BCUT2D eigenvalue weighted by molar-refractivity contribution is 0.0955. The number of hydrogen-bond acceptors (Lipinski definition) is 5. The number of phenols is 2. The normalized spacial score (nSPS) is 9.81. The van der Waals surface area contributed by atoms with Crippen molar-refractivity contribution in [1.82, 2.24) is 5.43 Å². The molecule has 6 nitrogen and oxygen atoms in total. The molecular weight excluding hydrogens is 272 g/mol. The Kier molecular flexibility index (Phi) is 6.43. The van der Waals surface area contributed by atoms with E-state index in [2.05, 4.69) is 10.5 Å². The molecule has 0 heterocycles. The first kappa shape index (κ1) is 16.2. The van der Waals surface area contributed by atoms with Crippen molar-refractivity contribution in [3.05, 3.63) is 59.7 Å². The summed E-state index contributed by atoms with van der Waals surface area (Å²) in [5.74, 6) is -0.0931. The van der Waals surface area contributed by atoms with Crippen LogP contribution in [0.3, 0.4) is 0 Å².